The van der Waals surface area contributed by atoms with Crippen molar-refractivity contribution < 1.29 is 19.0 Å². The van der Waals surface area contributed by atoms with E-state index in [1.807, 2.05) is 36.4 Å². The van der Waals surface area contributed by atoms with E-state index in [2.05, 4.69) is 16.0 Å². The number of likely N-dealkylation sites (tertiary alicyclic amines) is 1. The summed E-state index contributed by atoms with van der Waals surface area (Å²) in [6.45, 7) is 2.17. The van der Waals surface area contributed by atoms with E-state index in [0.29, 0.717) is 40.7 Å². The van der Waals surface area contributed by atoms with Crippen LogP contribution in [0.15, 0.2) is 73.1 Å². The SMILES string of the molecule is N#Cc1cncc(COc2cc(O[C@H]3CCc4c(-c5ccccc5F)cccc43)c(Cl)cc2CN2CCC(O)C2)c1. The molecule has 2 atom stereocenters. The summed E-state index contributed by atoms with van der Waals surface area (Å²) in [6, 6.07) is 20.3. The Morgan fingerprint density at radius 2 is 1.90 bits per heavy atom. The summed E-state index contributed by atoms with van der Waals surface area (Å²) < 4.78 is 27.4. The van der Waals surface area contributed by atoms with Gasteiger partial charge in [-0.15, -0.1) is 0 Å². The zero-order valence-electron chi connectivity index (χ0n) is 22.4. The van der Waals surface area contributed by atoms with Gasteiger partial charge >= 0.3 is 0 Å². The molecule has 6 rings (SSSR count). The number of rotatable bonds is 8. The van der Waals surface area contributed by atoms with Crippen LogP contribution in [0, 0.1) is 17.1 Å². The number of pyridine rings is 1. The highest BCUT2D eigenvalue weighted by Gasteiger charge is 2.29. The second kappa shape index (κ2) is 11.9. The van der Waals surface area contributed by atoms with Crippen molar-refractivity contribution in [3.8, 4) is 28.7 Å². The Labute approximate surface area is 243 Å². The highest BCUT2D eigenvalue weighted by Crippen LogP contribution is 2.43. The quantitative estimate of drug-likeness (QED) is 0.257. The van der Waals surface area contributed by atoms with Gasteiger partial charge in [0.05, 0.1) is 16.7 Å². The Hall–Kier alpha value is -3.96. The largest absolute Gasteiger partial charge is 0.488 e. The van der Waals surface area contributed by atoms with Gasteiger partial charge in [0.2, 0.25) is 0 Å². The van der Waals surface area contributed by atoms with Crippen LogP contribution in [0.4, 0.5) is 4.39 Å². The molecule has 1 aliphatic carbocycles. The maximum absolute atomic E-state index is 14.6. The van der Waals surface area contributed by atoms with Crippen LogP contribution in [0.1, 0.15) is 46.8 Å². The second-order valence-electron chi connectivity index (χ2n) is 10.5. The number of ether oxygens (including phenoxy) is 2. The van der Waals surface area contributed by atoms with Crippen molar-refractivity contribution in [3.63, 3.8) is 0 Å². The van der Waals surface area contributed by atoms with Crippen LogP contribution in [-0.4, -0.2) is 34.2 Å². The molecule has 0 spiro atoms. The van der Waals surface area contributed by atoms with Crippen molar-refractivity contribution in [1.29, 1.82) is 5.26 Å². The minimum atomic E-state index is -0.339. The number of aliphatic hydroxyl groups is 1. The molecule has 0 amide bonds. The first-order valence-electron chi connectivity index (χ1n) is 13.7. The van der Waals surface area contributed by atoms with Gasteiger partial charge in [-0.25, -0.2) is 4.39 Å². The van der Waals surface area contributed by atoms with Gasteiger partial charge in [0.25, 0.3) is 0 Å². The van der Waals surface area contributed by atoms with Gasteiger partial charge in [-0.2, -0.15) is 5.26 Å². The number of hydrogen-bond acceptors (Lipinski definition) is 6. The van der Waals surface area contributed by atoms with E-state index in [1.165, 1.54) is 12.3 Å². The van der Waals surface area contributed by atoms with Gasteiger partial charge in [0.1, 0.15) is 36.1 Å². The van der Waals surface area contributed by atoms with Crippen LogP contribution in [0.3, 0.4) is 0 Å². The smallest absolute Gasteiger partial charge is 0.142 e. The predicted octanol–water partition coefficient (Wildman–Crippen LogP) is 6.62. The average molecular weight is 570 g/mol. The molecule has 1 saturated heterocycles. The van der Waals surface area contributed by atoms with Crippen molar-refractivity contribution >= 4 is 11.6 Å². The van der Waals surface area contributed by atoms with E-state index >= 15 is 0 Å². The Morgan fingerprint density at radius 3 is 2.71 bits per heavy atom. The van der Waals surface area contributed by atoms with Gasteiger partial charge in [-0.05, 0) is 54.2 Å². The van der Waals surface area contributed by atoms with Crippen LogP contribution in [0.25, 0.3) is 11.1 Å². The summed E-state index contributed by atoms with van der Waals surface area (Å²) in [4.78, 5) is 6.30. The minimum Gasteiger partial charge on any atom is -0.488 e. The first-order valence-corrected chi connectivity index (χ1v) is 14.1. The fraction of sp³-hybridized carbons (Fsp3) is 0.273. The number of fused-ring (bicyclic) bond motifs is 1. The van der Waals surface area contributed by atoms with Gasteiger partial charge in [0, 0.05) is 54.8 Å². The van der Waals surface area contributed by atoms with E-state index in [9.17, 15) is 14.8 Å². The van der Waals surface area contributed by atoms with Crippen molar-refractivity contribution in [2.75, 3.05) is 13.1 Å². The van der Waals surface area contributed by atoms with Gasteiger partial charge in [-0.1, -0.05) is 48.0 Å². The zero-order chi connectivity index (χ0) is 28.3. The first kappa shape index (κ1) is 27.2. The molecule has 6 nitrogen and oxygen atoms in total. The van der Waals surface area contributed by atoms with Gasteiger partial charge in [-0.3, -0.25) is 9.88 Å². The van der Waals surface area contributed by atoms with Crippen LogP contribution < -0.4 is 9.47 Å². The number of β-amino-alcohol motifs (C(OH)–C–C–N with tert-alkyl or cyclic N) is 1. The molecule has 4 aromatic rings. The molecule has 1 fully saturated rings. The van der Waals surface area contributed by atoms with Crippen molar-refractivity contribution in [3.05, 3.63) is 112 Å². The molecular formula is C33H29ClFN3O3. The lowest BCUT2D eigenvalue weighted by molar-refractivity contribution is 0.174. The summed E-state index contributed by atoms with van der Waals surface area (Å²) in [7, 11) is 0. The predicted molar refractivity (Wildman–Crippen MR) is 154 cm³/mol. The molecule has 2 heterocycles. The molecule has 2 aliphatic rings. The highest BCUT2D eigenvalue weighted by atomic mass is 35.5. The molecule has 1 unspecified atom stereocenters. The summed E-state index contributed by atoms with van der Waals surface area (Å²) in [5.74, 6) is 0.878. The molecule has 208 valence electrons. The molecule has 0 bridgehead atoms. The monoisotopic (exact) mass is 569 g/mol. The zero-order valence-corrected chi connectivity index (χ0v) is 23.1. The number of benzene rings is 3. The van der Waals surface area contributed by atoms with E-state index in [1.54, 1.807) is 24.4 Å². The number of aliphatic hydroxyl groups excluding tert-OH is 1. The lowest BCUT2D eigenvalue weighted by Crippen LogP contribution is -2.22. The first-order chi connectivity index (χ1) is 20.0. The van der Waals surface area contributed by atoms with Crippen molar-refractivity contribution in [2.45, 2.75) is 44.6 Å². The third-order valence-corrected chi connectivity index (χ3v) is 8.02. The Balaban J connectivity index is 1.28. The Kier molecular flexibility index (Phi) is 7.89. The van der Waals surface area contributed by atoms with Gasteiger partial charge in [0.15, 0.2) is 0 Å². The molecular weight excluding hydrogens is 541 g/mol. The molecule has 0 radical (unpaired) electrons. The normalized spacial score (nSPS) is 18.2. The summed E-state index contributed by atoms with van der Waals surface area (Å²) in [5.41, 5.74) is 5.71. The maximum Gasteiger partial charge on any atom is 0.142 e. The van der Waals surface area contributed by atoms with Crippen LogP contribution >= 0.6 is 11.6 Å². The maximum atomic E-state index is 14.6. The number of nitrogens with zero attached hydrogens (tertiary/aromatic N) is 3. The van der Waals surface area contributed by atoms with Crippen molar-refractivity contribution in [2.24, 2.45) is 0 Å². The standard InChI is InChI=1S/C33H29ClFN3O3/c34-29-13-23(18-38-11-10-24(39)19-38)32(40-20-22-12-21(15-36)16-37-17-22)14-33(29)41-31-9-8-26-25(5-3-6-28(26)31)27-4-1-2-7-30(27)35/h1-7,12-14,16-17,24,31,39H,8-11,18-20H2/t24?,31-/m0/s1. The molecule has 0 saturated carbocycles. The number of aromatic nitrogens is 1. The molecule has 1 N–H and O–H groups in total. The third kappa shape index (κ3) is 5.91. The highest BCUT2D eigenvalue weighted by molar-refractivity contribution is 6.32. The van der Waals surface area contributed by atoms with E-state index in [0.717, 1.165) is 53.6 Å². The summed E-state index contributed by atoms with van der Waals surface area (Å²) >= 11 is 6.78. The average Bonchev–Trinajstić information content (AvgIpc) is 3.59. The lowest BCUT2D eigenvalue weighted by Gasteiger charge is -2.22. The lowest BCUT2D eigenvalue weighted by atomic mass is 9.96. The topological polar surface area (TPSA) is 78.6 Å². The fourth-order valence-electron chi connectivity index (χ4n) is 5.73. The number of hydrogen-bond donors (Lipinski definition) is 1. The molecule has 1 aromatic heterocycles. The van der Waals surface area contributed by atoms with Gasteiger partial charge < -0.3 is 14.6 Å². The van der Waals surface area contributed by atoms with Crippen LogP contribution in [0.2, 0.25) is 5.02 Å². The third-order valence-electron chi connectivity index (χ3n) is 7.72. The van der Waals surface area contributed by atoms with Crippen LogP contribution in [0.5, 0.6) is 11.5 Å². The fourth-order valence-corrected chi connectivity index (χ4v) is 5.96. The number of nitriles is 1. The molecule has 41 heavy (non-hydrogen) atoms. The molecule has 3 aromatic carbocycles. The second-order valence-corrected chi connectivity index (χ2v) is 11.0. The molecule has 8 heteroatoms. The summed E-state index contributed by atoms with van der Waals surface area (Å²) in [6.07, 6.45) is 4.85. The van der Waals surface area contributed by atoms with Crippen LogP contribution in [-0.2, 0) is 19.6 Å². The number of halogens is 2. The van der Waals surface area contributed by atoms with Crippen molar-refractivity contribution in [1.82, 2.24) is 9.88 Å². The van der Waals surface area contributed by atoms with E-state index < -0.39 is 0 Å². The summed E-state index contributed by atoms with van der Waals surface area (Å²) in [5, 5.41) is 19.7. The Morgan fingerprint density at radius 1 is 1.05 bits per heavy atom. The Bertz CT molecular complexity index is 1620. The van der Waals surface area contributed by atoms with E-state index in [4.69, 9.17) is 21.1 Å². The minimum absolute atomic E-state index is 0.220. The van der Waals surface area contributed by atoms with E-state index in [-0.39, 0.29) is 24.6 Å². The molecule has 1 aliphatic heterocycles.